The Morgan fingerprint density at radius 1 is 1.06 bits per heavy atom. The highest BCUT2D eigenvalue weighted by Gasteiger charge is 2.47. The number of ether oxygens (including phenoxy) is 1. The van der Waals surface area contributed by atoms with Crippen LogP contribution in [-0.4, -0.2) is 34.6 Å². The molecular formula is C22H26Cl3NO5Si. The molecule has 0 heterocycles. The lowest BCUT2D eigenvalue weighted by molar-refractivity contribution is 0.0182. The van der Waals surface area contributed by atoms with Crippen molar-refractivity contribution in [2.75, 3.05) is 19.8 Å². The van der Waals surface area contributed by atoms with E-state index in [-0.39, 0.29) is 0 Å². The molecule has 0 saturated carbocycles. The molecule has 2 aromatic rings. The highest BCUT2D eigenvalue weighted by Crippen LogP contribution is 2.42. The van der Waals surface area contributed by atoms with Gasteiger partial charge in [-0.15, -0.1) is 0 Å². The maximum atomic E-state index is 10.4. The van der Waals surface area contributed by atoms with Crippen LogP contribution >= 0.6 is 34.8 Å². The second-order valence-corrected chi connectivity index (χ2v) is 11.0. The summed E-state index contributed by atoms with van der Waals surface area (Å²) in [7, 11) is -3.22. The molecule has 1 unspecified atom stereocenters. The zero-order valence-corrected chi connectivity index (χ0v) is 21.5. The molecule has 0 radical (unpaired) electrons. The van der Waals surface area contributed by atoms with E-state index in [0.717, 1.165) is 0 Å². The topological polar surface area (TPSA) is 66.4 Å². The largest absolute Gasteiger partial charge is 0.502 e. The number of hydrogen-bond donors (Lipinski definition) is 0. The Kier molecular flexibility index (Phi) is 10.7. The normalized spacial score (nSPS) is 13.3. The Balaban J connectivity index is 2.36. The van der Waals surface area contributed by atoms with Gasteiger partial charge in [0.2, 0.25) is 6.08 Å². The highest BCUT2D eigenvalue weighted by atomic mass is 35.5. The van der Waals surface area contributed by atoms with Crippen molar-refractivity contribution in [1.29, 1.82) is 0 Å². The van der Waals surface area contributed by atoms with Gasteiger partial charge in [0.05, 0.1) is 11.6 Å². The summed E-state index contributed by atoms with van der Waals surface area (Å²) in [6.45, 7) is 6.50. The molecular weight excluding hydrogens is 493 g/mol. The SMILES string of the molecule is CCO[Si](CCCN=C=O)(OCC)OC(C)(Cl)c1ccccc1Oc1ccc(Cl)cc1Cl. The summed E-state index contributed by atoms with van der Waals surface area (Å²) in [6.07, 6.45) is 2.07. The average molecular weight is 519 g/mol. The second-order valence-electron chi connectivity index (χ2n) is 6.82. The number of carbonyl (C=O) groups excluding carboxylic acids is 1. The van der Waals surface area contributed by atoms with Crippen LogP contribution in [0.2, 0.25) is 16.1 Å². The van der Waals surface area contributed by atoms with Gasteiger partial charge in [0, 0.05) is 29.8 Å². The van der Waals surface area contributed by atoms with Crippen molar-refractivity contribution in [3.05, 3.63) is 58.1 Å². The third-order valence-electron chi connectivity index (χ3n) is 4.38. The van der Waals surface area contributed by atoms with Crippen LogP contribution in [0.25, 0.3) is 0 Å². The Morgan fingerprint density at radius 2 is 1.75 bits per heavy atom. The van der Waals surface area contributed by atoms with Crippen LogP contribution in [-0.2, 0) is 23.1 Å². The van der Waals surface area contributed by atoms with E-state index >= 15 is 0 Å². The van der Waals surface area contributed by atoms with Gasteiger partial charge in [-0.1, -0.05) is 53.0 Å². The van der Waals surface area contributed by atoms with Crippen LogP contribution in [0.4, 0.5) is 0 Å². The molecule has 0 saturated heterocycles. The number of benzene rings is 2. The van der Waals surface area contributed by atoms with Gasteiger partial charge in [-0.25, -0.2) is 9.79 Å². The van der Waals surface area contributed by atoms with E-state index < -0.39 is 13.9 Å². The molecule has 0 bridgehead atoms. The van der Waals surface area contributed by atoms with Crippen molar-refractivity contribution < 1.29 is 22.8 Å². The summed E-state index contributed by atoms with van der Waals surface area (Å²) in [5.41, 5.74) is 0.579. The molecule has 0 amide bonds. The highest BCUT2D eigenvalue weighted by molar-refractivity contribution is 6.61. The summed E-state index contributed by atoms with van der Waals surface area (Å²) in [5, 5.41) is -0.461. The predicted octanol–water partition coefficient (Wildman–Crippen LogP) is 6.95. The van der Waals surface area contributed by atoms with E-state index in [9.17, 15) is 4.79 Å². The van der Waals surface area contributed by atoms with E-state index in [1.807, 2.05) is 26.0 Å². The smallest absolute Gasteiger partial charge is 0.455 e. The average Bonchev–Trinajstić information content (AvgIpc) is 2.74. The fraction of sp³-hybridized carbons (Fsp3) is 0.409. The molecule has 2 rings (SSSR count). The minimum atomic E-state index is -3.22. The second kappa shape index (κ2) is 12.7. The van der Waals surface area contributed by atoms with Gasteiger partial charge in [0.1, 0.15) is 11.5 Å². The van der Waals surface area contributed by atoms with Crippen LogP contribution in [0.1, 0.15) is 32.8 Å². The van der Waals surface area contributed by atoms with Crippen molar-refractivity contribution in [3.63, 3.8) is 0 Å². The fourth-order valence-corrected chi connectivity index (χ4v) is 6.82. The number of aliphatic imine (C=N–C) groups is 1. The quantitative estimate of drug-likeness (QED) is 0.0943. The molecule has 0 aliphatic heterocycles. The Bertz CT molecular complexity index is 932. The molecule has 1 atom stereocenters. The molecule has 0 N–H and O–H groups in total. The van der Waals surface area contributed by atoms with E-state index in [1.54, 1.807) is 37.3 Å². The fourth-order valence-electron chi connectivity index (χ4n) is 3.10. The first-order valence-electron chi connectivity index (χ1n) is 10.2. The first kappa shape index (κ1) is 26.8. The number of rotatable bonds is 13. The van der Waals surface area contributed by atoms with E-state index in [2.05, 4.69) is 4.99 Å². The van der Waals surface area contributed by atoms with E-state index in [0.29, 0.717) is 59.3 Å². The zero-order chi connectivity index (χ0) is 23.6. The lowest BCUT2D eigenvalue weighted by Crippen LogP contribution is -2.50. The van der Waals surface area contributed by atoms with Gasteiger partial charge in [-0.05, 0) is 51.5 Å². The van der Waals surface area contributed by atoms with Crippen LogP contribution in [0.3, 0.4) is 0 Å². The molecule has 32 heavy (non-hydrogen) atoms. The lowest BCUT2D eigenvalue weighted by Gasteiger charge is -2.36. The summed E-state index contributed by atoms with van der Waals surface area (Å²) in [5.74, 6) is 0.900. The van der Waals surface area contributed by atoms with Crippen molar-refractivity contribution in [3.8, 4) is 11.5 Å². The summed E-state index contributed by atoms with van der Waals surface area (Å²) >= 11 is 19.2. The number of isocyanates is 1. The zero-order valence-electron chi connectivity index (χ0n) is 18.2. The van der Waals surface area contributed by atoms with Gasteiger partial charge in [0.25, 0.3) is 0 Å². The Morgan fingerprint density at radius 3 is 2.38 bits per heavy atom. The monoisotopic (exact) mass is 517 g/mol. The molecule has 0 aliphatic rings. The maximum Gasteiger partial charge on any atom is 0.502 e. The molecule has 2 aromatic carbocycles. The number of para-hydroxylation sites is 1. The minimum Gasteiger partial charge on any atom is -0.455 e. The number of alkyl halides is 1. The van der Waals surface area contributed by atoms with E-state index in [1.165, 1.54) is 6.08 Å². The Hall–Kier alpha value is -1.41. The van der Waals surface area contributed by atoms with Gasteiger partial charge in [0.15, 0.2) is 5.06 Å². The number of hydrogen-bond acceptors (Lipinski definition) is 6. The molecule has 0 aliphatic carbocycles. The molecule has 0 spiro atoms. The third-order valence-corrected chi connectivity index (χ3v) is 8.46. The molecule has 0 aromatic heterocycles. The standard InChI is InChI=1S/C22H26Cl3NO5Si/c1-4-28-32(29-5-2,14-8-13-26-16-27)31-22(3,25)18-9-6-7-10-20(18)30-21-12-11-17(23)15-19(21)24/h6-7,9-12,15H,4-5,8,13-14H2,1-3H3. The molecule has 0 fully saturated rings. The van der Waals surface area contributed by atoms with Crippen LogP contribution in [0, 0.1) is 0 Å². The van der Waals surface area contributed by atoms with Crippen LogP contribution in [0.15, 0.2) is 47.5 Å². The van der Waals surface area contributed by atoms with Crippen LogP contribution in [0.5, 0.6) is 11.5 Å². The minimum absolute atomic E-state index is 0.301. The van der Waals surface area contributed by atoms with E-state index in [4.69, 9.17) is 52.8 Å². The number of halogens is 3. The third kappa shape index (κ3) is 7.58. The number of nitrogens with zero attached hydrogens (tertiary/aromatic N) is 1. The first-order valence-corrected chi connectivity index (χ1v) is 13.3. The van der Waals surface area contributed by atoms with Crippen molar-refractivity contribution >= 4 is 49.7 Å². The van der Waals surface area contributed by atoms with Crippen LogP contribution < -0.4 is 4.74 Å². The first-order chi connectivity index (χ1) is 15.3. The van der Waals surface area contributed by atoms with Gasteiger partial charge in [-0.3, -0.25) is 0 Å². The molecule has 174 valence electrons. The Labute approximate surface area is 204 Å². The molecule has 6 nitrogen and oxygen atoms in total. The maximum absolute atomic E-state index is 10.4. The van der Waals surface area contributed by atoms with Gasteiger partial charge >= 0.3 is 8.80 Å². The lowest BCUT2D eigenvalue weighted by atomic mass is 10.1. The summed E-state index contributed by atoms with van der Waals surface area (Å²) < 4.78 is 24.4. The van der Waals surface area contributed by atoms with Crippen molar-refractivity contribution in [1.82, 2.24) is 0 Å². The van der Waals surface area contributed by atoms with Crippen molar-refractivity contribution in [2.45, 2.75) is 38.3 Å². The molecule has 10 heteroatoms. The van der Waals surface area contributed by atoms with Gasteiger partial charge < -0.3 is 18.0 Å². The predicted molar refractivity (Wildman–Crippen MR) is 129 cm³/mol. The summed E-state index contributed by atoms with van der Waals surface area (Å²) in [4.78, 5) is 14.0. The van der Waals surface area contributed by atoms with Crippen molar-refractivity contribution in [2.24, 2.45) is 4.99 Å². The summed E-state index contributed by atoms with van der Waals surface area (Å²) in [6, 6.07) is 12.6. The van der Waals surface area contributed by atoms with Gasteiger partial charge in [-0.2, -0.15) is 0 Å².